The molecule has 0 fully saturated rings. The Morgan fingerprint density at radius 3 is 2.38 bits per heavy atom. The molecule has 0 aliphatic rings. The molecular weight excluding hydrogens is 266 g/mol. The largest absolute Gasteiger partial charge is 0.496 e. The van der Waals surface area contributed by atoms with Crippen LogP contribution in [0.25, 0.3) is 22.2 Å². The van der Waals surface area contributed by atoms with Crippen LogP contribution in [0.5, 0.6) is 11.5 Å². The van der Waals surface area contributed by atoms with Gasteiger partial charge in [-0.05, 0) is 29.8 Å². The van der Waals surface area contributed by atoms with Gasteiger partial charge < -0.3 is 13.9 Å². The Balaban J connectivity index is 2.20. The molecule has 0 saturated carbocycles. The predicted molar refractivity (Wildman–Crippen MR) is 81.9 cm³/mol. The Morgan fingerprint density at radius 2 is 1.76 bits per heavy atom. The smallest absolute Gasteiger partial charge is 0.195 e. The van der Waals surface area contributed by atoms with E-state index in [4.69, 9.17) is 13.9 Å². The zero-order valence-corrected chi connectivity index (χ0v) is 12.3. The molecule has 0 amide bonds. The van der Waals surface area contributed by atoms with Gasteiger partial charge in [0.05, 0.1) is 19.8 Å². The summed E-state index contributed by atoms with van der Waals surface area (Å²) in [6.45, 7) is 2.02. The molecule has 2 aromatic carbocycles. The second-order valence-electron chi connectivity index (χ2n) is 4.68. The zero-order valence-electron chi connectivity index (χ0n) is 12.3. The van der Waals surface area contributed by atoms with Crippen molar-refractivity contribution in [1.82, 2.24) is 4.98 Å². The average Bonchev–Trinajstić information content (AvgIpc) is 2.96. The third-order valence-electron chi connectivity index (χ3n) is 3.45. The molecule has 0 N–H and O–H groups in total. The molecule has 108 valence electrons. The van der Waals surface area contributed by atoms with Crippen molar-refractivity contribution >= 4 is 11.1 Å². The van der Waals surface area contributed by atoms with Crippen LogP contribution in [0.4, 0.5) is 0 Å². The van der Waals surface area contributed by atoms with Crippen LogP contribution in [0, 0.1) is 0 Å². The average molecular weight is 283 g/mol. The van der Waals surface area contributed by atoms with E-state index >= 15 is 0 Å². The molecular formula is C17H17NO3. The summed E-state index contributed by atoms with van der Waals surface area (Å²) in [4.78, 5) is 4.48. The van der Waals surface area contributed by atoms with E-state index in [1.54, 1.807) is 14.2 Å². The Morgan fingerprint density at radius 1 is 1.05 bits per heavy atom. The van der Waals surface area contributed by atoms with Crippen LogP contribution in [-0.4, -0.2) is 19.2 Å². The van der Waals surface area contributed by atoms with Gasteiger partial charge in [0.2, 0.25) is 0 Å². The lowest BCUT2D eigenvalue weighted by molar-refractivity contribution is 0.397. The van der Waals surface area contributed by atoms with E-state index in [1.807, 2.05) is 43.3 Å². The summed E-state index contributed by atoms with van der Waals surface area (Å²) in [7, 11) is 3.31. The number of hydrogen-bond acceptors (Lipinski definition) is 4. The third-order valence-corrected chi connectivity index (χ3v) is 3.45. The van der Waals surface area contributed by atoms with Gasteiger partial charge in [-0.1, -0.05) is 19.1 Å². The minimum Gasteiger partial charge on any atom is -0.496 e. The first kappa shape index (κ1) is 13.5. The Kier molecular flexibility index (Phi) is 3.52. The van der Waals surface area contributed by atoms with Crippen molar-refractivity contribution in [2.45, 2.75) is 13.3 Å². The number of rotatable bonds is 4. The monoisotopic (exact) mass is 283 g/mol. The van der Waals surface area contributed by atoms with Crippen LogP contribution in [0.2, 0.25) is 0 Å². The van der Waals surface area contributed by atoms with Crippen molar-refractivity contribution in [3.05, 3.63) is 42.3 Å². The molecule has 0 unspecified atom stereocenters. The number of oxazole rings is 1. The summed E-state index contributed by atoms with van der Waals surface area (Å²) in [5.41, 5.74) is 3.56. The van der Waals surface area contributed by atoms with E-state index in [9.17, 15) is 0 Å². The quantitative estimate of drug-likeness (QED) is 0.724. The van der Waals surface area contributed by atoms with Gasteiger partial charge in [0, 0.05) is 6.42 Å². The summed E-state index contributed by atoms with van der Waals surface area (Å²) in [6, 6.07) is 11.7. The maximum absolute atomic E-state index is 5.65. The Bertz CT molecular complexity index is 755. The lowest BCUT2D eigenvalue weighted by Crippen LogP contribution is -1.92. The van der Waals surface area contributed by atoms with Crippen LogP contribution in [-0.2, 0) is 6.42 Å². The summed E-state index contributed by atoms with van der Waals surface area (Å²) in [5, 5.41) is 0. The molecule has 0 spiro atoms. The van der Waals surface area contributed by atoms with E-state index in [-0.39, 0.29) is 0 Å². The number of benzene rings is 2. The van der Waals surface area contributed by atoms with E-state index in [0.29, 0.717) is 0 Å². The van der Waals surface area contributed by atoms with E-state index in [0.717, 1.165) is 46.0 Å². The van der Waals surface area contributed by atoms with E-state index < -0.39 is 0 Å². The molecule has 0 radical (unpaired) electrons. The number of nitrogens with zero attached hydrogens (tertiary/aromatic N) is 1. The maximum Gasteiger partial charge on any atom is 0.195 e. The van der Waals surface area contributed by atoms with Crippen LogP contribution >= 0.6 is 0 Å². The fraction of sp³-hybridized carbons (Fsp3) is 0.235. The minimum absolute atomic E-state index is 0.745. The molecule has 4 nitrogen and oxygen atoms in total. The van der Waals surface area contributed by atoms with Gasteiger partial charge in [-0.2, -0.15) is 0 Å². The van der Waals surface area contributed by atoms with Crippen molar-refractivity contribution in [2.75, 3.05) is 14.2 Å². The molecule has 0 aliphatic carbocycles. The number of hydrogen-bond donors (Lipinski definition) is 0. The zero-order chi connectivity index (χ0) is 14.8. The Labute approximate surface area is 123 Å². The van der Waals surface area contributed by atoms with Crippen molar-refractivity contribution in [1.29, 1.82) is 0 Å². The predicted octanol–water partition coefficient (Wildman–Crippen LogP) is 4.07. The minimum atomic E-state index is 0.745. The normalized spacial score (nSPS) is 10.8. The molecule has 0 bridgehead atoms. The molecule has 1 heterocycles. The molecule has 3 rings (SSSR count). The lowest BCUT2D eigenvalue weighted by Gasteiger charge is -2.12. The molecule has 0 saturated heterocycles. The number of aromatic nitrogens is 1. The van der Waals surface area contributed by atoms with Crippen LogP contribution in [0.1, 0.15) is 12.8 Å². The van der Waals surface area contributed by atoms with Gasteiger partial charge in [0.1, 0.15) is 17.0 Å². The summed E-state index contributed by atoms with van der Waals surface area (Å²) < 4.78 is 16.6. The molecule has 3 aromatic rings. The van der Waals surface area contributed by atoms with Gasteiger partial charge in [0.25, 0.3) is 0 Å². The van der Waals surface area contributed by atoms with Crippen molar-refractivity contribution in [3.63, 3.8) is 0 Å². The fourth-order valence-electron chi connectivity index (χ4n) is 2.42. The molecule has 21 heavy (non-hydrogen) atoms. The van der Waals surface area contributed by atoms with E-state index in [1.165, 1.54) is 0 Å². The number of aryl methyl sites for hydroxylation is 1. The van der Waals surface area contributed by atoms with Gasteiger partial charge in [-0.25, -0.2) is 4.98 Å². The molecule has 1 aromatic heterocycles. The number of ether oxygens (including phenoxy) is 2. The number of methoxy groups -OCH3 is 2. The molecule has 0 aliphatic heterocycles. The van der Waals surface area contributed by atoms with Crippen LogP contribution in [0.3, 0.4) is 0 Å². The van der Waals surface area contributed by atoms with Crippen molar-refractivity contribution in [3.8, 4) is 22.6 Å². The van der Waals surface area contributed by atoms with Gasteiger partial charge in [-0.15, -0.1) is 0 Å². The fourth-order valence-corrected chi connectivity index (χ4v) is 2.42. The third kappa shape index (κ3) is 2.33. The summed E-state index contributed by atoms with van der Waals surface area (Å²) in [5.74, 6) is 2.29. The standard InChI is InChI=1S/C17H17NO3/c1-4-16-18-12-10-11(8-9-13(12)21-16)17-14(19-2)6-5-7-15(17)20-3/h5-10H,4H2,1-3H3. The van der Waals surface area contributed by atoms with Gasteiger partial charge in [-0.3, -0.25) is 0 Å². The van der Waals surface area contributed by atoms with Gasteiger partial charge in [0.15, 0.2) is 11.5 Å². The SMILES string of the molecule is CCc1nc2cc(-c3c(OC)cccc3OC)ccc2o1. The molecule has 4 heteroatoms. The first-order valence-corrected chi connectivity index (χ1v) is 6.87. The van der Waals surface area contributed by atoms with Crippen molar-refractivity contribution < 1.29 is 13.9 Å². The van der Waals surface area contributed by atoms with Crippen LogP contribution in [0.15, 0.2) is 40.8 Å². The first-order chi connectivity index (χ1) is 10.3. The highest BCUT2D eigenvalue weighted by atomic mass is 16.5. The second kappa shape index (κ2) is 5.48. The second-order valence-corrected chi connectivity index (χ2v) is 4.68. The highest BCUT2D eigenvalue weighted by Gasteiger charge is 2.14. The summed E-state index contributed by atoms with van der Waals surface area (Å²) in [6.07, 6.45) is 0.780. The topological polar surface area (TPSA) is 44.5 Å². The first-order valence-electron chi connectivity index (χ1n) is 6.87. The van der Waals surface area contributed by atoms with E-state index in [2.05, 4.69) is 4.98 Å². The maximum atomic E-state index is 5.65. The summed E-state index contributed by atoms with van der Waals surface area (Å²) >= 11 is 0. The highest BCUT2D eigenvalue weighted by molar-refractivity contribution is 5.85. The van der Waals surface area contributed by atoms with Crippen LogP contribution < -0.4 is 9.47 Å². The Hall–Kier alpha value is -2.49. The highest BCUT2D eigenvalue weighted by Crippen LogP contribution is 2.39. The van der Waals surface area contributed by atoms with Gasteiger partial charge >= 0.3 is 0 Å². The lowest BCUT2D eigenvalue weighted by atomic mass is 10.0. The van der Waals surface area contributed by atoms with Crippen molar-refractivity contribution in [2.24, 2.45) is 0 Å². The number of fused-ring (bicyclic) bond motifs is 1. The molecule has 0 atom stereocenters.